The molecule has 1 aromatic rings. The molecule has 2 rings (SSSR count). The van der Waals surface area contributed by atoms with Crippen LogP contribution in [0.5, 0.6) is 0 Å². The van der Waals surface area contributed by atoms with Gasteiger partial charge in [0.25, 0.3) is 6.40 Å². The molecule has 3 nitrogen and oxygen atoms in total. The smallest absolute Gasteiger partial charge is 0.273 e. The van der Waals surface area contributed by atoms with Gasteiger partial charge in [-0.05, 0) is 17.7 Å². The number of rotatable bonds is 4. The van der Waals surface area contributed by atoms with Crippen LogP contribution in [0.4, 0.5) is 0 Å². The average Bonchev–Trinajstić information content (AvgIpc) is 2.74. The van der Waals surface area contributed by atoms with Gasteiger partial charge in [0.05, 0.1) is 0 Å². The number of nitrogens with one attached hydrogen (secondary N) is 1. The number of aliphatic imine (C=N–C) groups is 1. The second-order valence-electron chi connectivity index (χ2n) is 3.44. The first-order valence-corrected chi connectivity index (χ1v) is 5.66. The van der Waals surface area contributed by atoms with Crippen molar-refractivity contribution in [2.75, 3.05) is 13.2 Å². The van der Waals surface area contributed by atoms with Crippen molar-refractivity contribution in [3.8, 4) is 0 Å². The van der Waals surface area contributed by atoms with E-state index >= 15 is 0 Å². The van der Waals surface area contributed by atoms with E-state index in [9.17, 15) is 0 Å². The Labute approximate surface area is 97.7 Å². The highest BCUT2D eigenvalue weighted by Gasteiger charge is 2.10. The Hall–Kier alpha value is -0.870. The Morgan fingerprint density at radius 3 is 2.93 bits per heavy atom. The van der Waals surface area contributed by atoms with E-state index in [0.717, 1.165) is 17.6 Å². The van der Waals surface area contributed by atoms with E-state index in [1.807, 2.05) is 12.1 Å². The number of hydrogen-bond donors (Lipinski definition) is 1. The van der Waals surface area contributed by atoms with Crippen LogP contribution >= 0.6 is 15.9 Å². The molecule has 0 aromatic heterocycles. The van der Waals surface area contributed by atoms with Crippen molar-refractivity contribution in [3.63, 3.8) is 0 Å². The van der Waals surface area contributed by atoms with Gasteiger partial charge in [-0.2, -0.15) is 0 Å². The zero-order valence-electron chi connectivity index (χ0n) is 8.24. The number of hydrogen-bond acceptors (Lipinski definition) is 3. The SMILES string of the molecule is Brc1ccc(CNCC2CO[C]=N2)cc1. The maximum Gasteiger partial charge on any atom is 0.273 e. The van der Waals surface area contributed by atoms with Gasteiger partial charge >= 0.3 is 0 Å². The van der Waals surface area contributed by atoms with Crippen LogP contribution in [-0.2, 0) is 11.3 Å². The molecule has 79 valence electrons. The summed E-state index contributed by atoms with van der Waals surface area (Å²) >= 11 is 3.41. The lowest BCUT2D eigenvalue weighted by Gasteiger charge is -2.07. The van der Waals surface area contributed by atoms with Crippen LogP contribution in [0, 0.1) is 0 Å². The molecule has 0 bridgehead atoms. The van der Waals surface area contributed by atoms with Gasteiger partial charge < -0.3 is 10.1 Å². The third-order valence-corrected chi connectivity index (χ3v) is 2.73. The first-order chi connectivity index (χ1) is 7.34. The molecule has 1 aromatic carbocycles. The predicted molar refractivity (Wildman–Crippen MR) is 63.0 cm³/mol. The fourth-order valence-corrected chi connectivity index (χ4v) is 1.64. The van der Waals surface area contributed by atoms with Gasteiger partial charge in [-0.15, -0.1) is 0 Å². The Kier molecular flexibility index (Phi) is 3.75. The van der Waals surface area contributed by atoms with Gasteiger partial charge in [0, 0.05) is 17.6 Å². The zero-order chi connectivity index (χ0) is 10.5. The lowest BCUT2D eigenvalue weighted by molar-refractivity contribution is 0.323. The van der Waals surface area contributed by atoms with E-state index in [0.29, 0.717) is 6.61 Å². The summed E-state index contributed by atoms with van der Waals surface area (Å²) in [4.78, 5) is 4.04. The van der Waals surface area contributed by atoms with Crippen LogP contribution in [0.1, 0.15) is 5.56 Å². The minimum Gasteiger partial charge on any atom is -0.472 e. The van der Waals surface area contributed by atoms with Crippen LogP contribution < -0.4 is 5.32 Å². The number of nitrogens with zero attached hydrogens (tertiary/aromatic N) is 1. The second kappa shape index (κ2) is 5.28. The van der Waals surface area contributed by atoms with Gasteiger partial charge in [0.2, 0.25) is 0 Å². The molecule has 0 saturated carbocycles. The van der Waals surface area contributed by atoms with Crippen molar-refractivity contribution < 1.29 is 4.74 Å². The highest BCUT2D eigenvalue weighted by molar-refractivity contribution is 9.10. The Bertz CT molecular complexity index is 337. The molecule has 1 atom stereocenters. The maximum absolute atomic E-state index is 4.91. The molecule has 0 aliphatic carbocycles. The Morgan fingerprint density at radius 2 is 2.27 bits per heavy atom. The average molecular weight is 268 g/mol. The molecule has 1 heterocycles. The fraction of sp³-hybridized carbons (Fsp3) is 0.364. The van der Waals surface area contributed by atoms with Gasteiger partial charge in [0.15, 0.2) is 0 Å². The summed E-state index contributed by atoms with van der Waals surface area (Å²) < 4.78 is 6.02. The summed E-state index contributed by atoms with van der Waals surface area (Å²) in [5.74, 6) is 0. The van der Waals surface area contributed by atoms with E-state index in [4.69, 9.17) is 4.74 Å². The van der Waals surface area contributed by atoms with Crippen LogP contribution in [-0.4, -0.2) is 25.6 Å². The van der Waals surface area contributed by atoms with Crippen molar-refractivity contribution in [2.45, 2.75) is 12.6 Å². The van der Waals surface area contributed by atoms with Crippen molar-refractivity contribution in [1.82, 2.24) is 5.32 Å². The largest absolute Gasteiger partial charge is 0.472 e. The van der Waals surface area contributed by atoms with Crippen LogP contribution in [0.3, 0.4) is 0 Å². The van der Waals surface area contributed by atoms with Crippen molar-refractivity contribution in [1.29, 1.82) is 0 Å². The quantitative estimate of drug-likeness (QED) is 0.904. The van der Waals surface area contributed by atoms with Gasteiger partial charge in [-0.3, -0.25) is 0 Å². The summed E-state index contributed by atoms with van der Waals surface area (Å²) in [5.41, 5.74) is 1.27. The summed E-state index contributed by atoms with van der Waals surface area (Å²) in [6.07, 6.45) is 2.51. The van der Waals surface area contributed by atoms with Crippen molar-refractivity contribution >= 4 is 22.3 Å². The molecule has 1 aliphatic rings. The fourth-order valence-electron chi connectivity index (χ4n) is 1.37. The van der Waals surface area contributed by atoms with Gasteiger partial charge in [0.1, 0.15) is 12.6 Å². The van der Waals surface area contributed by atoms with E-state index in [-0.39, 0.29) is 6.04 Å². The molecular formula is C11H12BrN2O. The third-order valence-electron chi connectivity index (χ3n) is 2.20. The lowest BCUT2D eigenvalue weighted by Crippen LogP contribution is -2.26. The molecule has 15 heavy (non-hydrogen) atoms. The molecule has 0 saturated heterocycles. The maximum atomic E-state index is 4.91. The number of ether oxygens (including phenoxy) is 1. The molecule has 0 spiro atoms. The van der Waals surface area contributed by atoms with E-state index in [1.165, 1.54) is 5.56 Å². The van der Waals surface area contributed by atoms with Crippen LogP contribution in [0.15, 0.2) is 33.7 Å². The van der Waals surface area contributed by atoms with Gasteiger partial charge in [-0.25, -0.2) is 4.99 Å². The normalized spacial score (nSPS) is 19.1. The monoisotopic (exact) mass is 267 g/mol. The third kappa shape index (κ3) is 3.32. The standard InChI is InChI=1S/C11H12BrN2O/c12-10-3-1-9(2-4-10)5-13-6-11-7-15-8-14-11/h1-4,11,13H,5-7H2. The molecule has 1 aliphatic heterocycles. The molecule has 1 unspecified atom stereocenters. The summed E-state index contributed by atoms with van der Waals surface area (Å²) in [6.45, 7) is 2.34. The highest BCUT2D eigenvalue weighted by atomic mass is 79.9. The first kappa shape index (κ1) is 10.6. The zero-order valence-corrected chi connectivity index (χ0v) is 9.83. The summed E-state index contributed by atoms with van der Waals surface area (Å²) in [5, 5.41) is 3.33. The molecular weight excluding hydrogens is 256 g/mol. The Balaban J connectivity index is 1.73. The van der Waals surface area contributed by atoms with E-state index in [2.05, 4.69) is 44.8 Å². The van der Waals surface area contributed by atoms with E-state index in [1.54, 1.807) is 0 Å². The number of benzene rings is 1. The summed E-state index contributed by atoms with van der Waals surface area (Å²) in [6, 6.07) is 8.50. The topological polar surface area (TPSA) is 33.6 Å². The van der Waals surface area contributed by atoms with Crippen LogP contribution in [0.2, 0.25) is 0 Å². The summed E-state index contributed by atoms with van der Waals surface area (Å²) in [7, 11) is 0. The first-order valence-electron chi connectivity index (χ1n) is 4.86. The molecule has 0 amide bonds. The van der Waals surface area contributed by atoms with Crippen molar-refractivity contribution in [2.24, 2.45) is 4.99 Å². The lowest BCUT2D eigenvalue weighted by atomic mass is 10.2. The molecule has 0 fully saturated rings. The second-order valence-corrected chi connectivity index (χ2v) is 4.36. The minimum absolute atomic E-state index is 0.223. The Morgan fingerprint density at radius 1 is 1.47 bits per heavy atom. The molecule has 1 N–H and O–H groups in total. The highest BCUT2D eigenvalue weighted by Crippen LogP contribution is 2.10. The van der Waals surface area contributed by atoms with E-state index < -0.39 is 0 Å². The minimum atomic E-state index is 0.223. The molecule has 1 radical (unpaired) electrons. The number of halogens is 1. The molecule has 4 heteroatoms. The van der Waals surface area contributed by atoms with Crippen molar-refractivity contribution in [3.05, 3.63) is 34.3 Å². The van der Waals surface area contributed by atoms with Crippen LogP contribution in [0.25, 0.3) is 0 Å². The van der Waals surface area contributed by atoms with Gasteiger partial charge in [-0.1, -0.05) is 28.1 Å². The predicted octanol–water partition coefficient (Wildman–Crippen LogP) is 1.84.